The van der Waals surface area contributed by atoms with E-state index in [1.165, 1.54) is 21.1 Å². The summed E-state index contributed by atoms with van der Waals surface area (Å²) in [6, 6.07) is 13.1. The number of halogens is 2. The lowest BCUT2D eigenvalue weighted by Gasteiger charge is -2.17. The van der Waals surface area contributed by atoms with Crippen LogP contribution in [-0.4, -0.2) is 14.8 Å². The first kappa shape index (κ1) is 14.1. The summed E-state index contributed by atoms with van der Waals surface area (Å²) < 4.78 is 0. The van der Waals surface area contributed by atoms with Crippen LogP contribution in [0.2, 0.25) is 26.2 Å². The monoisotopic (exact) mass is 312 g/mol. The molecule has 96 valence electrons. The van der Waals surface area contributed by atoms with Gasteiger partial charge in [-0.1, -0.05) is 62.6 Å². The Hall–Kier alpha value is -0.286. The molecule has 2 aromatic carbocycles. The predicted octanol–water partition coefficient (Wildman–Crippen LogP) is 4.14. The highest BCUT2D eigenvalue weighted by Crippen LogP contribution is 2.17. The van der Waals surface area contributed by atoms with Gasteiger partial charge in [-0.2, -0.15) is 22.2 Å². The quantitative estimate of drug-likeness (QED) is 0.577. The summed E-state index contributed by atoms with van der Waals surface area (Å²) >= 11 is 13.0. The molecule has 0 saturated carbocycles. The summed E-state index contributed by atoms with van der Waals surface area (Å²) in [5, 5.41) is 5.07. The van der Waals surface area contributed by atoms with E-state index in [4.69, 9.17) is 22.2 Å². The third-order valence-corrected chi connectivity index (χ3v) is 7.89. The summed E-state index contributed by atoms with van der Waals surface area (Å²) in [4.78, 5) is 0. The fourth-order valence-corrected chi connectivity index (χ4v) is 4.65. The Balaban J connectivity index is 2.61. The van der Waals surface area contributed by atoms with E-state index in [2.05, 4.69) is 62.6 Å². The number of hydrogen-bond donors (Lipinski definition) is 0. The van der Waals surface area contributed by atoms with Crippen LogP contribution in [0.4, 0.5) is 0 Å². The Morgan fingerprint density at radius 2 is 1.06 bits per heavy atom. The Morgan fingerprint density at radius 1 is 0.667 bits per heavy atom. The molecular weight excluding hydrogens is 295 g/mol. The van der Waals surface area contributed by atoms with Gasteiger partial charge in [-0.15, -0.1) is 0 Å². The van der Waals surface area contributed by atoms with Crippen LogP contribution in [0.25, 0.3) is 10.8 Å². The molecule has 0 saturated heterocycles. The van der Waals surface area contributed by atoms with Crippen molar-refractivity contribution < 1.29 is 0 Å². The van der Waals surface area contributed by atoms with Gasteiger partial charge in [0.1, 0.15) is 0 Å². The molecule has 2 aromatic rings. The maximum atomic E-state index is 6.51. The van der Waals surface area contributed by atoms with E-state index in [9.17, 15) is 0 Å². The Kier molecular flexibility index (Phi) is 3.67. The zero-order chi connectivity index (χ0) is 13.6. The number of fused-ring (bicyclic) bond motifs is 1. The average molecular weight is 313 g/mol. The van der Waals surface area contributed by atoms with Crippen molar-refractivity contribution in [1.29, 1.82) is 0 Å². The van der Waals surface area contributed by atoms with Crippen LogP contribution >= 0.6 is 22.2 Å². The Labute approximate surface area is 120 Å². The number of rotatable bonds is 2. The molecule has 0 aliphatic heterocycles. The van der Waals surface area contributed by atoms with Crippen LogP contribution < -0.4 is 10.4 Å². The minimum atomic E-state index is -1.76. The predicted molar refractivity (Wildman–Crippen MR) is 89.9 cm³/mol. The van der Waals surface area contributed by atoms with Crippen molar-refractivity contribution in [2.75, 3.05) is 0 Å². The van der Waals surface area contributed by atoms with Gasteiger partial charge in [0.2, 0.25) is 0 Å². The lowest BCUT2D eigenvalue weighted by Crippen LogP contribution is -2.36. The molecule has 18 heavy (non-hydrogen) atoms. The van der Waals surface area contributed by atoms with Crippen LogP contribution in [0.5, 0.6) is 0 Å². The van der Waals surface area contributed by atoms with E-state index in [-0.39, 0.29) is 0 Å². The maximum Gasteiger partial charge on any atom is 0.180 e. The molecule has 0 aliphatic carbocycles. The van der Waals surface area contributed by atoms with Gasteiger partial charge in [0.15, 0.2) is 14.8 Å². The molecule has 0 radical (unpaired) electrons. The highest BCUT2D eigenvalue weighted by molar-refractivity contribution is 7.26. The van der Waals surface area contributed by atoms with E-state index < -0.39 is 14.8 Å². The largest absolute Gasteiger partial charge is 0.180 e. The first-order valence-corrected chi connectivity index (χ1v) is 14.1. The fraction of sp³-hybridized carbons (Fsp3) is 0.286. The van der Waals surface area contributed by atoms with Crippen LogP contribution in [0, 0.1) is 0 Å². The van der Waals surface area contributed by atoms with E-state index in [1.807, 2.05) is 0 Å². The molecule has 2 rings (SSSR count). The van der Waals surface area contributed by atoms with E-state index in [1.54, 1.807) is 0 Å². The molecule has 0 N–H and O–H groups in total. The van der Waals surface area contributed by atoms with Gasteiger partial charge in [-0.25, -0.2) is 0 Å². The van der Waals surface area contributed by atoms with Crippen molar-refractivity contribution in [3.63, 3.8) is 0 Å². The summed E-state index contributed by atoms with van der Waals surface area (Å²) in [6.07, 6.45) is 0. The molecule has 0 heterocycles. The maximum absolute atomic E-state index is 6.51. The highest BCUT2D eigenvalue weighted by atomic mass is 35.6. The molecule has 0 nitrogen and oxygen atoms in total. The van der Waals surface area contributed by atoms with E-state index in [0.29, 0.717) is 0 Å². The van der Waals surface area contributed by atoms with Crippen LogP contribution in [0.3, 0.4) is 0 Å². The minimum absolute atomic E-state index is 1.26. The summed E-state index contributed by atoms with van der Waals surface area (Å²) in [7, 11) is -3.53. The Bertz CT molecular complexity index is 532. The van der Waals surface area contributed by atoms with Crippen LogP contribution in [-0.2, 0) is 0 Å². The Morgan fingerprint density at radius 3 is 1.39 bits per heavy atom. The second kappa shape index (κ2) is 4.67. The van der Waals surface area contributed by atoms with Crippen LogP contribution in [0.15, 0.2) is 36.4 Å². The molecular formula is C14H18Cl2Si2. The molecule has 0 bridgehead atoms. The van der Waals surface area contributed by atoms with Gasteiger partial charge in [-0.05, 0) is 21.1 Å². The zero-order valence-electron chi connectivity index (χ0n) is 11.2. The van der Waals surface area contributed by atoms with E-state index in [0.717, 1.165) is 0 Å². The SMILES string of the molecule is C[Si](C)(Cl)c1ccc2ccc([Si](C)(C)Cl)cc2c1. The van der Waals surface area contributed by atoms with Gasteiger partial charge in [0.05, 0.1) is 0 Å². The van der Waals surface area contributed by atoms with Crippen LogP contribution in [0.1, 0.15) is 0 Å². The second-order valence-electron chi connectivity index (χ2n) is 5.72. The van der Waals surface area contributed by atoms with Crippen molar-refractivity contribution in [2.45, 2.75) is 26.2 Å². The third kappa shape index (κ3) is 2.99. The first-order chi connectivity index (χ1) is 8.18. The number of benzene rings is 2. The van der Waals surface area contributed by atoms with Gasteiger partial charge in [0, 0.05) is 0 Å². The van der Waals surface area contributed by atoms with Gasteiger partial charge in [-0.3, -0.25) is 0 Å². The molecule has 0 aromatic heterocycles. The normalized spacial score (nSPS) is 13.0. The minimum Gasteiger partial charge on any atom is -0.162 e. The van der Waals surface area contributed by atoms with E-state index >= 15 is 0 Å². The fourth-order valence-electron chi connectivity index (χ4n) is 1.99. The lowest BCUT2D eigenvalue weighted by atomic mass is 10.1. The smallest absolute Gasteiger partial charge is 0.162 e. The summed E-state index contributed by atoms with van der Waals surface area (Å²) in [5.41, 5.74) is 0. The highest BCUT2D eigenvalue weighted by Gasteiger charge is 2.22. The lowest BCUT2D eigenvalue weighted by molar-refractivity contribution is 1.76. The average Bonchev–Trinajstić information content (AvgIpc) is 2.25. The van der Waals surface area contributed by atoms with Crippen molar-refractivity contribution in [3.05, 3.63) is 36.4 Å². The van der Waals surface area contributed by atoms with Crippen molar-refractivity contribution in [3.8, 4) is 0 Å². The zero-order valence-corrected chi connectivity index (χ0v) is 14.7. The standard InChI is InChI=1S/C14H18Cl2Si2/c1-17(2,15)13-7-5-11-6-8-14(18(3,4)16)10-12(11)9-13/h5-10H,1-4H3. The molecule has 0 fully saturated rings. The van der Waals surface area contributed by atoms with Crippen molar-refractivity contribution in [1.82, 2.24) is 0 Å². The summed E-state index contributed by atoms with van der Waals surface area (Å²) in [5.74, 6) is 0. The topological polar surface area (TPSA) is 0 Å². The molecule has 0 unspecified atom stereocenters. The molecule has 0 amide bonds. The summed E-state index contributed by atoms with van der Waals surface area (Å²) in [6.45, 7) is 8.61. The molecule has 4 heteroatoms. The van der Waals surface area contributed by atoms with Gasteiger partial charge in [0.25, 0.3) is 0 Å². The second-order valence-corrected chi connectivity index (χ2v) is 18.4. The van der Waals surface area contributed by atoms with Gasteiger partial charge < -0.3 is 0 Å². The third-order valence-electron chi connectivity index (χ3n) is 3.21. The number of hydrogen-bond acceptors (Lipinski definition) is 0. The molecule has 0 spiro atoms. The first-order valence-electron chi connectivity index (χ1n) is 6.10. The van der Waals surface area contributed by atoms with Crippen molar-refractivity contribution in [2.24, 2.45) is 0 Å². The van der Waals surface area contributed by atoms with Crippen molar-refractivity contribution >= 4 is 58.1 Å². The molecule has 0 aliphatic rings. The van der Waals surface area contributed by atoms with Gasteiger partial charge >= 0.3 is 0 Å². The molecule has 0 atom stereocenters.